The van der Waals surface area contributed by atoms with E-state index in [2.05, 4.69) is 49.2 Å². The molecule has 1 aliphatic heterocycles. The van der Waals surface area contributed by atoms with Gasteiger partial charge in [0.1, 0.15) is 22.3 Å². The monoisotopic (exact) mass is 513 g/mol. The number of amides is 1. The van der Waals surface area contributed by atoms with Crippen molar-refractivity contribution in [1.82, 2.24) is 19.9 Å². The van der Waals surface area contributed by atoms with Crippen LogP contribution in [-0.2, 0) is 0 Å². The van der Waals surface area contributed by atoms with Crippen LogP contribution >= 0.6 is 23.1 Å². The van der Waals surface area contributed by atoms with Gasteiger partial charge in [0.15, 0.2) is 5.13 Å². The van der Waals surface area contributed by atoms with E-state index in [9.17, 15) is 4.79 Å². The molecule has 9 nitrogen and oxygen atoms in total. The number of β-amino-alcohol motifs (C(OH)–C–C–N with tert-alkyl or cyclic N) is 1. The second-order valence-electron chi connectivity index (χ2n) is 8.48. The molecule has 0 atom stereocenters. The molecule has 4 rings (SSSR count). The van der Waals surface area contributed by atoms with Gasteiger partial charge in [-0.05, 0) is 19.1 Å². The molecule has 0 spiro atoms. The summed E-state index contributed by atoms with van der Waals surface area (Å²) < 4.78 is 0. The Hall–Kier alpha value is -2.73. The summed E-state index contributed by atoms with van der Waals surface area (Å²) in [7, 11) is 0. The number of hydrogen-bond acceptors (Lipinski definition) is 10. The van der Waals surface area contributed by atoms with E-state index in [-0.39, 0.29) is 12.5 Å². The number of thioether (sulfide) groups is 1. The van der Waals surface area contributed by atoms with Gasteiger partial charge in [-0.2, -0.15) is 0 Å². The smallest absolute Gasteiger partial charge is 0.267 e. The molecule has 186 valence electrons. The van der Waals surface area contributed by atoms with Gasteiger partial charge in [0.25, 0.3) is 5.91 Å². The summed E-state index contributed by atoms with van der Waals surface area (Å²) in [5.41, 5.74) is 0.800. The van der Waals surface area contributed by atoms with Gasteiger partial charge in [-0.25, -0.2) is 15.0 Å². The quantitative estimate of drug-likeness (QED) is 0.368. The lowest BCUT2D eigenvalue weighted by Gasteiger charge is -2.35. The molecule has 1 fully saturated rings. The molecule has 0 bridgehead atoms. The third-order valence-electron chi connectivity index (χ3n) is 5.40. The standard InChI is InChI=1S/C24H31N7O2S2/c1-16(2)34-19-7-5-4-6-18(19)28-23(33)20-15-25-24(35-20)29-21-14-22(27-17(3)26-21)31-10-8-30(9-11-31)12-13-32/h4-7,14-16,32H,8-13H2,1-3H3,(H,28,33)(H,25,26,27,29). The van der Waals surface area contributed by atoms with Crippen LogP contribution in [0.2, 0.25) is 0 Å². The third-order valence-corrected chi connectivity index (χ3v) is 7.39. The molecule has 1 aromatic carbocycles. The number of nitrogens with zero attached hydrogens (tertiary/aromatic N) is 5. The van der Waals surface area contributed by atoms with Crippen molar-refractivity contribution in [3.63, 3.8) is 0 Å². The second-order valence-corrected chi connectivity index (χ2v) is 11.1. The van der Waals surface area contributed by atoms with Gasteiger partial charge in [-0.3, -0.25) is 9.69 Å². The predicted molar refractivity (Wildman–Crippen MR) is 143 cm³/mol. The number of anilines is 4. The first-order valence-electron chi connectivity index (χ1n) is 11.6. The number of benzene rings is 1. The highest BCUT2D eigenvalue weighted by molar-refractivity contribution is 8.00. The molecule has 1 saturated heterocycles. The van der Waals surface area contributed by atoms with Crippen LogP contribution in [0.4, 0.5) is 22.5 Å². The van der Waals surface area contributed by atoms with Gasteiger partial charge < -0.3 is 20.6 Å². The van der Waals surface area contributed by atoms with Crippen LogP contribution in [0.3, 0.4) is 0 Å². The molecular weight excluding hydrogens is 482 g/mol. The Kier molecular flexibility index (Phi) is 8.55. The second kappa shape index (κ2) is 11.8. The van der Waals surface area contributed by atoms with Crippen molar-refractivity contribution in [3.8, 4) is 0 Å². The van der Waals surface area contributed by atoms with Crippen molar-refractivity contribution in [2.75, 3.05) is 54.9 Å². The zero-order valence-corrected chi connectivity index (χ0v) is 21.8. The average molecular weight is 514 g/mol. The Labute approximate surface area is 214 Å². The number of aliphatic hydroxyl groups is 1. The van der Waals surface area contributed by atoms with E-state index in [1.165, 1.54) is 11.3 Å². The number of piperazine rings is 1. The Balaban J connectivity index is 1.41. The molecule has 0 unspecified atom stereocenters. The number of para-hydroxylation sites is 1. The SMILES string of the molecule is Cc1nc(Nc2ncc(C(=O)Nc3ccccc3SC(C)C)s2)cc(N2CCN(CCO)CC2)n1. The minimum absolute atomic E-state index is 0.178. The fourth-order valence-electron chi connectivity index (χ4n) is 3.78. The minimum atomic E-state index is -0.187. The van der Waals surface area contributed by atoms with Crippen LogP contribution in [0.5, 0.6) is 0 Å². The highest BCUT2D eigenvalue weighted by atomic mass is 32.2. The molecule has 35 heavy (non-hydrogen) atoms. The molecule has 3 aromatic rings. The maximum Gasteiger partial charge on any atom is 0.267 e. The number of nitrogens with one attached hydrogen (secondary N) is 2. The van der Waals surface area contributed by atoms with E-state index in [1.54, 1.807) is 18.0 Å². The molecule has 0 saturated carbocycles. The van der Waals surface area contributed by atoms with Gasteiger partial charge in [-0.1, -0.05) is 37.3 Å². The highest BCUT2D eigenvalue weighted by Gasteiger charge is 2.19. The van der Waals surface area contributed by atoms with Crippen LogP contribution in [0.25, 0.3) is 0 Å². The number of rotatable bonds is 9. The number of aliphatic hydroxyl groups excluding tert-OH is 1. The summed E-state index contributed by atoms with van der Waals surface area (Å²) in [6.45, 7) is 10.5. The lowest BCUT2D eigenvalue weighted by Crippen LogP contribution is -2.47. The number of thiazole rings is 1. The molecule has 3 heterocycles. The van der Waals surface area contributed by atoms with Gasteiger partial charge in [-0.15, -0.1) is 11.8 Å². The first kappa shape index (κ1) is 25.4. The molecule has 0 radical (unpaired) electrons. The summed E-state index contributed by atoms with van der Waals surface area (Å²) in [5, 5.41) is 16.4. The van der Waals surface area contributed by atoms with E-state index in [4.69, 9.17) is 5.11 Å². The van der Waals surface area contributed by atoms with E-state index < -0.39 is 0 Å². The van der Waals surface area contributed by atoms with E-state index in [0.717, 1.165) is 42.6 Å². The molecule has 0 aliphatic carbocycles. The molecule has 11 heteroatoms. The first-order valence-corrected chi connectivity index (χ1v) is 13.3. The van der Waals surface area contributed by atoms with Crippen LogP contribution < -0.4 is 15.5 Å². The van der Waals surface area contributed by atoms with Crippen LogP contribution in [0, 0.1) is 6.92 Å². The van der Waals surface area contributed by atoms with Crippen LogP contribution in [0.1, 0.15) is 29.3 Å². The van der Waals surface area contributed by atoms with Crippen molar-refractivity contribution in [2.24, 2.45) is 0 Å². The summed E-state index contributed by atoms with van der Waals surface area (Å²) in [6.07, 6.45) is 1.58. The maximum absolute atomic E-state index is 12.9. The summed E-state index contributed by atoms with van der Waals surface area (Å²) in [6, 6.07) is 9.73. The Bertz CT molecular complexity index is 1150. The summed E-state index contributed by atoms with van der Waals surface area (Å²) >= 11 is 3.00. The largest absolute Gasteiger partial charge is 0.395 e. The third kappa shape index (κ3) is 6.91. The molecule has 1 amide bonds. The zero-order valence-electron chi connectivity index (χ0n) is 20.2. The summed E-state index contributed by atoms with van der Waals surface area (Å²) in [4.78, 5) is 32.4. The number of aryl methyl sites for hydroxylation is 1. The number of carbonyl (C=O) groups is 1. The van der Waals surface area contributed by atoms with Crippen molar-refractivity contribution in [3.05, 3.63) is 47.2 Å². The molecule has 3 N–H and O–H groups in total. The van der Waals surface area contributed by atoms with E-state index in [1.807, 2.05) is 37.3 Å². The van der Waals surface area contributed by atoms with Gasteiger partial charge in [0.2, 0.25) is 0 Å². The highest BCUT2D eigenvalue weighted by Crippen LogP contribution is 2.31. The number of carbonyl (C=O) groups excluding carboxylic acids is 1. The average Bonchev–Trinajstić information content (AvgIpc) is 3.29. The van der Waals surface area contributed by atoms with Crippen molar-refractivity contribution < 1.29 is 9.90 Å². The normalized spacial score (nSPS) is 14.4. The van der Waals surface area contributed by atoms with Crippen LogP contribution in [0.15, 0.2) is 41.4 Å². The Morgan fingerprint density at radius 3 is 2.71 bits per heavy atom. The first-order chi connectivity index (χ1) is 16.9. The van der Waals surface area contributed by atoms with Gasteiger partial charge in [0, 0.05) is 48.9 Å². The molecular formula is C24H31N7O2S2. The zero-order chi connectivity index (χ0) is 24.8. The topological polar surface area (TPSA) is 107 Å². The number of hydrogen-bond donors (Lipinski definition) is 3. The number of aromatic nitrogens is 3. The van der Waals surface area contributed by atoms with E-state index >= 15 is 0 Å². The molecule has 2 aromatic heterocycles. The van der Waals surface area contributed by atoms with Crippen molar-refractivity contribution in [2.45, 2.75) is 30.9 Å². The van der Waals surface area contributed by atoms with Crippen molar-refractivity contribution >= 4 is 51.5 Å². The van der Waals surface area contributed by atoms with E-state index in [0.29, 0.717) is 33.4 Å². The fourth-order valence-corrected chi connectivity index (χ4v) is 5.41. The van der Waals surface area contributed by atoms with Crippen LogP contribution in [-0.4, -0.2) is 75.4 Å². The lowest BCUT2D eigenvalue weighted by molar-refractivity contribution is 0.103. The Morgan fingerprint density at radius 1 is 1.20 bits per heavy atom. The maximum atomic E-state index is 12.9. The van der Waals surface area contributed by atoms with Gasteiger partial charge >= 0.3 is 0 Å². The van der Waals surface area contributed by atoms with Crippen molar-refractivity contribution in [1.29, 1.82) is 0 Å². The fraction of sp³-hybridized carbons (Fsp3) is 0.417. The Morgan fingerprint density at radius 2 is 1.97 bits per heavy atom. The van der Waals surface area contributed by atoms with Gasteiger partial charge in [0.05, 0.1) is 18.5 Å². The molecule has 1 aliphatic rings. The predicted octanol–water partition coefficient (Wildman–Crippen LogP) is 3.85. The minimum Gasteiger partial charge on any atom is -0.395 e. The summed E-state index contributed by atoms with van der Waals surface area (Å²) in [5.74, 6) is 1.98. The lowest BCUT2D eigenvalue weighted by atomic mass is 10.3.